The molecule has 0 radical (unpaired) electrons. The number of ketones is 1. The Morgan fingerprint density at radius 2 is 2.33 bits per heavy atom. The van der Waals surface area contributed by atoms with Gasteiger partial charge < -0.3 is 0 Å². The normalized spacial score (nSPS) is 10.6. The van der Waals surface area contributed by atoms with Crippen LogP contribution in [-0.2, 0) is 7.05 Å². The van der Waals surface area contributed by atoms with Crippen molar-refractivity contribution in [2.24, 2.45) is 7.05 Å². The van der Waals surface area contributed by atoms with Crippen LogP contribution in [0.4, 0.5) is 4.39 Å². The molecule has 0 amide bonds. The molecule has 6 heteroatoms. The van der Waals surface area contributed by atoms with Crippen LogP contribution in [0.1, 0.15) is 10.5 Å². The third-order valence-corrected chi connectivity index (χ3v) is 3.90. The number of hydrogen-bond donors (Lipinski definition) is 0. The molecule has 0 spiro atoms. The SMILES string of the molecule is Cn1ncc(Br)c1C(=O)CSc1cccc(F)c1. The average molecular weight is 329 g/mol. The van der Waals surface area contributed by atoms with E-state index < -0.39 is 0 Å². The van der Waals surface area contributed by atoms with Crippen LogP contribution >= 0.6 is 27.7 Å². The molecule has 0 aliphatic carbocycles. The maximum absolute atomic E-state index is 13.0. The van der Waals surface area contributed by atoms with E-state index in [9.17, 15) is 9.18 Å². The monoisotopic (exact) mass is 328 g/mol. The Balaban J connectivity index is 2.05. The molecule has 1 aromatic carbocycles. The quantitative estimate of drug-likeness (QED) is 0.638. The predicted octanol–water partition coefficient (Wildman–Crippen LogP) is 3.30. The lowest BCUT2D eigenvalue weighted by Crippen LogP contribution is -2.09. The first-order chi connectivity index (χ1) is 8.58. The second kappa shape index (κ2) is 5.67. The van der Waals surface area contributed by atoms with E-state index in [1.807, 2.05) is 0 Å². The number of aryl methyl sites for hydroxylation is 1. The third-order valence-electron chi connectivity index (χ3n) is 2.32. The molecule has 0 fully saturated rings. The third kappa shape index (κ3) is 3.00. The predicted molar refractivity (Wildman–Crippen MR) is 72.4 cm³/mol. The standard InChI is InChI=1S/C12H10BrFN2OS/c1-16-12(10(13)6-15-16)11(17)7-18-9-4-2-3-8(14)5-9/h2-6H,7H2,1H3. The van der Waals surface area contributed by atoms with Crippen LogP contribution < -0.4 is 0 Å². The van der Waals surface area contributed by atoms with Gasteiger partial charge in [0.2, 0.25) is 0 Å². The Kier molecular flexibility index (Phi) is 4.19. The maximum atomic E-state index is 13.0. The molecule has 0 N–H and O–H groups in total. The Labute approximate surface area is 117 Å². The molecule has 2 aromatic rings. The van der Waals surface area contributed by atoms with Crippen LogP contribution in [0.5, 0.6) is 0 Å². The van der Waals surface area contributed by atoms with Crippen molar-refractivity contribution in [2.45, 2.75) is 4.90 Å². The first-order valence-electron chi connectivity index (χ1n) is 5.17. The summed E-state index contributed by atoms with van der Waals surface area (Å²) >= 11 is 4.59. The lowest BCUT2D eigenvalue weighted by Gasteiger charge is -2.03. The van der Waals surface area contributed by atoms with Gasteiger partial charge >= 0.3 is 0 Å². The number of thioether (sulfide) groups is 1. The van der Waals surface area contributed by atoms with Gasteiger partial charge in [0.15, 0.2) is 5.78 Å². The molecule has 0 bridgehead atoms. The van der Waals surface area contributed by atoms with E-state index >= 15 is 0 Å². The van der Waals surface area contributed by atoms with Crippen molar-refractivity contribution in [1.82, 2.24) is 9.78 Å². The van der Waals surface area contributed by atoms with E-state index in [4.69, 9.17) is 0 Å². The van der Waals surface area contributed by atoms with Crippen molar-refractivity contribution in [1.29, 1.82) is 0 Å². The minimum Gasteiger partial charge on any atom is -0.291 e. The molecule has 0 aliphatic heterocycles. The van der Waals surface area contributed by atoms with Crippen molar-refractivity contribution in [3.05, 3.63) is 46.4 Å². The summed E-state index contributed by atoms with van der Waals surface area (Å²) in [7, 11) is 1.71. The van der Waals surface area contributed by atoms with Crippen molar-refractivity contribution >= 4 is 33.5 Å². The number of carbonyl (C=O) groups excluding carboxylic acids is 1. The molecule has 94 valence electrons. The van der Waals surface area contributed by atoms with E-state index in [-0.39, 0.29) is 17.4 Å². The minimum absolute atomic E-state index is 0.0452. The van der Waals surface area contributed by atoms with Gasteiger partial charge in [-0.25, -0.2) is 4.39 Å². The fourth-order valence-corrected chi connectivity index (χ4v) is 2.87. The van der Waals surface area contributed by atoms with Gasteiger partial charge in [0, 0.05) is 11.9 Å². The summed E-state index contributed by atoms with van der Waals surface area (Å²) in [6, 6.07) is 6.20. The Morgan fingerprint density at radius 3 is 2.94 bits per heavy atom. The number of carbonyl (C=O) groups is 1. The summed E-state index contributed by atoms with van der Waals surface area (Å²) in [5.74, 6) is -0.0907. The zero-order chi connectivity index (χ0) is 13.1. The summed E-state index contributed by atoms with van der Waals surface area (Å²) in [6.07, 6.45) is 1.58. The molecule has 0 unspecified atom stereocenters. The summed E-state index contributed by atoms with van der Waals surface area (Å²) in [4.78, 5) is 12.7. The van der Waals surface area contributed by atoms with Crippen LogP contribution in [0.25, 0.3) is 0 Å². The topological polar surface area (TPSA) is 34.9 Å². The molecule has 1 aromatic heterocycles. The van der Waals surface area contributed by atoms with Crippen LogP contribution in [0.15, 0.2) is 39.8 Å². The second-order valence-electron chi connectivity index (χ2n) is 3.63. The van der Waals surface area contributed by atoms with E-state index in [1.165, 1.54) is 28.6 Å². The van der Waals surface area contributed by atoms with Gasteiger partial charge in [-0.2, -0.15) is 5.10 Å². The van der Waals surface area contributed by atoms with Gasteiger partial charge in [-0.1, -0.05) is 6.07 Å². The van der Waals surface area contributed by atoms with Crippen molar-refractivity contribution < 1.29 is 9.18 Å². The molecule has 3 nitrogen and oxygen atoms in total. The number of aromatic nitrogens is 2. The van der Waals surface area contributed by atoms with Gasteiger partial charge in [-0.15, -0.1) is 11.8 Å². The van der Waals surface area contributed by atoms with Crippen LogP contribution in [0.3, 0.4) is 0 Å². The first kappa shape index (κ1) is 13.3. The molecular formula is C12H10BrFN2OS. The number of nitrogens with zero attached hydrogens (tertiary/aromatic N) is 2. The number of halogens is 2. The summed E-state index contributed by atoms with van der Waals surface area (Å²) in [6.45, 7) is 0. The van der Waals surface area contributed by atoms with Gasteiger partial charge in [-0.05, 0) is 34.1 Å². The van der Waals surface area contributed by atoms with Crippen LogP contribution in [0, 0.1) is 5.82 Å². The highest BCUT2D eigenvalue weighted by Gasteiger charge is 2.15. The molecule has 1 heterocycles. The average Bonchev–Trinajstić information content (AvgIpc) is 2.66. The van der Waals surface area contributed by atoms with E-state index in [0.717, 1.165) is 4.90 Å². The van der Waals surface area contributed by atoms with Crippen LogP contribution in [0.2, 0.25) is 0 Å². The highest BCUT2D eigenvalue weighted by atomic mass is 79.9. The summed E-state index contributed by atoms with van der Waals surface area (Å²) in [5, 5.41) is 3.99. The van der Waals surface area contributed by atoms with Crippen LogP contribution in [-0.4, -0.2) is 21.3 Å². The minimum atomic E-state index is -0.297. The summed E-state index contributed by atoms with van der Waals surface area (Å²) in [5.41, 5.74) is 0.527. The highest BCUT2D eigenvalue weighted by molar-refractivity contribution is 9.10. The van der Waals surface area contributed by atoms with Gasteiger partial charge in [0.05, 0.1) is 16.4 Å². The lowest BCUT2D eigenvalue weighted by atomic mass is 10.3. The highest BCUT2D eigenvalue weighted by Crippen LogP contribution is 2.22. The maximum Gasteiger partial charge on any atom is 0.192 e. The zero-order valence-electron chi connectivity index (χ0n) is 9.56. The van der Waals surface area contributed by atoms with Gasteiger partial charge in [0.1, 0.15) is 11.5 Å². The van der Waals surface area contributed by atoms with Gasteiger partial charge in [-0.3, -0.25) is 9.48 Å². The van der Waals surface area contributed by atoms with Crippen molar-refractivity contribution in [2.75, 3.05) is 5.75 Å². The molecule has 2 rings (SSSR count). The lowest BCUT2D eigenvalue weighted by molar-refractivity contribution is 0.101. The smallest absolute Gasteiger partial charge is 0.192 e. The fraction of sp³-hybridized carbons (Fsp3) is 0.167. The molecule has 0 saturated heterocycles. The summed E-state index contributed by atoms with van der Waals surface area (Å²) < 4.78 is 15.2. The number of benzene rings is 1. The number of rotatable bonds is 4. The number of Topliss-reactive ketones (excluding diaryl/α,β-unsaturated/α-hetero) is 1. The second-order valence-corrected chi connectivity index (χ2v) is 5.54. The Hall–Kier alpha value is -1.14. The van der Waals surface area contributed by atoms with Crippen molar-refractivity contribution in [3.8, 4) is 0 Å². The largest absolute Gasteiger partial charge is 0.291 e. The van der Waals surface area contributed by atoms with E-state index in [2.05, 4.69) is 21.0 Å². The zero-order valence-corrected chi connectivity index (χ0v) is 12.0. The van der Waals surface area contributed by atoms with Crippen molar-refractivity contribution in [3.63, 3.8) is 0 Å². The molecule has 18 heavy (non-hydrogen) atoms. The van der Waals surface area contributed by atoms with E-state index in [0.29, 0.717) is 10.2 Å². The first-order valence-corrected chi connectivity index (χ1v) is 6.95. The number of hydrogen-bond acceptors (Lipinski definition) is 3. The molecule has 0 aliphatic rings. The van der Waals surface area contributed by atoms with Gasteiger partial charge in [0.25, 0.3) is 0 Å². The Bertz CT molecular complexity index is 566. The molecular weight excluding hydrogens is 319 g/mol. The molecule has 0 saturated carbocycles. The molecule has 0 atom stereocenters. The Morgan fingerprint density at radius 1 is 1.56 bits per heavy atom. The van der Waals surface area contributed by atoms with E-state index in [1.54, 1.807) is 25.4 Å². The fourth-order valence-electron chi connectivity index (χ4n) is 1.50.